The molecule has 1 atom stereocenters. The first-order valence-corrected chi connectivity index (χ1v) is 6.78. The Morgan fingerprint density at radius 1 is 1.44 bits per heavy atom. The Labute approximate surface area is 112 Å². The smallest absolute Gasteiger partial charge is 0.411 e. The number of carbonyl (C=O) groups excluding carboxylic acids is 1. The molecule has 0 fully saturated rings. The molecule has 0 aliphatic carbocycles. The number of nitrogens with one attached hydrogen (secondary N) is 1. The maximum atomic E-state index is 11.4. The zero-order chi connectivity index (χ0) is 12.0. The average Bonchev–Trinajstić information content (AvgIpc) is 2.29. The molecule has 5 heteroatoms. The van der Waals surface area contributed by atoms with Crippen LogP contribution in [0.2, 0.25) is 0 Å². The van der Waals surface area contributed by atoms with Crippen molar-refractivity contribution in [1.82, 2.24) is 0 Å². The fraction of sp³-hybridized carbons (Fsp3) is 0.364. The van der Waals surface area contributed by atoms with Crippen molar-refractivity contribution in [3.05, 3.63) is 28.7 Å². The third-order valence-corrected chi connectivity index (χ3v) is 3.49. The first kappa shape index (κ1) is 13.5. The minimum absolute atomic E-state index is 0.315. The van der Waals surface area contributed by atoms with E-state index in [2.05, 4.69) is 37.2 Å². The second kappa shape index (κ2) is 6.91. The Balaban J connectivity index is 2.37. The monoisotopic (exact) mass is 349 g/mol. The second-order valence-electron chi connectivity index (χ2n) is 3.49. The van der Waals surface area contributed by atoms with Gasteiger partial charge in [-0.1, -0.05) is 38.8 Å². The summed E-state index contributed by atoms with van der Waals surface area (Å²) < 4.78 is 6.01. The number of halogens is 2. The van der Waals surface area contributed by atoms with Crippen molar-refractivity contribution in [2.45, 2.75) is 6.92 Å². The van der Waals surface area contributed by atoms with Gasteiger partial charge in [0.1, 0.15) is 0 Å². The molecule has 0 saturated carbocycles. The molecule has 1 rings (SSSR count). The molecule has 0 aliphatic heterocycles. The van der Waals surface area contributed by atoms with Crippen molar-refractivity contribution < 1.29 is 9.53 Å². The van der Waals surface area contributed by atoms with Crippen LogP contribution < -0.4 is 5.32 Å². The summed E-state index contributed by atoms with van der Waals surface area (Å²) in [5, 5.41) is 3.47. The first-order chi connectivity index (χ1) is 7.61. The van der Waals surface area contributed by atoms with Gasteiger partial charge in [0.05, 0.1) is 6.61 Å². The van der Waals surface area contributed by atoms with Gasteiger partial charge in [0, 0.05) is 21.4 Å². The van der Waals surface area contributed by atoms with Crippen LogP contribution in [0.15, 0.2) is 28.7 Å². The molecule has 0 aliphatic rings. The van der Waals surface area contributed by atoms with Crippen LogP contribution in [0, 0.1) is 5.92 Å². The Hall–Kier alpha value is -0.550. The number of amides is 1. The summed E-state index contributed by atoms with van der Waals surface area (Å²) in [7, 11) is 0. The summed E-state index contributed by atoms with van der Waals surface area (Å²) in [6, 6.07) is 7.33. The van der Waals surface area contributed by atoms with E-state index in [0.717, 1.165) is 15.5 Å². The number of hydrogen-bond acceptors (Lipinski definition) is 2. The lowest BCUT2D eigenvalue weighted by Gasteiger charge is -2.10. The van der Waals surface area contributed by atoms with E-state index < -0.39 is 6.09 Å². The molecule has 16 heavy (non-hydrogen) atoms. The zero-order valence-electron chi connectivity index (χ0n) is 8.87. The van der Waals surface area contributed by atoms with Gasteiger partial charge in [-0.25, -0.2) is 4.79 Å². The van der Waals surface area contributed by atoms with Gasteiger partial charge in [0.25, 0.3) is 0 Å². The van der Waals surface area contributed by atoms with E-state index >= 15 is 0 Å². The number of ether oxygens (including phenoxy) is 1. The van der Waals surface area contributed by atoms with Crippen LogP contribution in [-0.4, -0.2) is 18.0 Å². The van der Waals surface area contributed by atoms with E-state index in [9.17, 15) is 4.79 Å². The molecule has 88 valence electrons. The Bertz CT molecular complexity index is 340. The van der Waals surface area contributed by atoms with Crippen LogP contribution in [-0.2, 0) is 4.74 Å². The quantitative estimate of drug-likeness (QED) is 0.832. The molecule has 1 aromatic carbocycles. The van der Waals surface area contributed by atoms with Gasteiger partial charge in [-0.2, -0.15) is 0 Å². The van der Waals surface area contributed by atoms with Crippen LogP contribution >= 0.6 is 31.9 Å². The van der Waals surface area contributed by atoms with Gasteiger partial charge >= 0.3 is 6.09 Å². The maximum absolute atomic E-state index is 11.4. The Kier molecular flexibility index (Phi) is 5.84. The van der Waals surface area contributed by atoms with Crippen molar-refractivity contribution in [1.29, 1.82) is 0 Å². The molecule has 0 aromatic heterocycles. The molecule has 0 heterocycles. The van der Waals surface area contributed by atoms with Gasteiger partial charge in [-0.15, -0.1) is 0 Å². The standard InChI is InChI=1S/C11H13Br2NO2/c1-8(6-12)7-16-11(15)14-10-4-2-9(13)3-5-10/h2-5,8H,6-7H2,1H3,(H,14,15)/t8-/m0/s1. The summed E-state index contributed by atoms with van der Waals surface area (Å²) in [6.45, 7) is 2.41. The largest absolute Gasteiger partial charge is 0.449 e. The fourth-order valence-electron chi connectivity index (χ4n) is 0.950. The van der Waals surface area contributed by atoms with Crippen molar-refractivity contribution in [3.63, 3.8) is 0 Å². The molecular weight excluding hydrogens is 338 g/mol. The van der Waals surface area contributed by atoms with E-state index in [1.165, 1.54) is 0 Å². The molecule has 1 N–H and O–H groups in total. The highest BCUT2D eigenvalue weighted by molar-refractivity contribution is 9.10. The Morgan fingerprint density at radius 2 is 2.06 bits per heavy atom. The van der Waals surface area contributed by atoms with Gasteiger partial charge in [0.15, 0.2) is 0 Å². The number of benzene rings is 1. The van der Waals surface area contributed by atoms with Crippen molar-refractivity contribution in [2.75, 3.05) is 17.3 Å². The van der Waals surface area contributed by atoms with Crippen LogP contribution in [0.5, 0.6) is 0 Å². The predicted molar refractivity (Wildman–Crippen MR) is 72.1 cm³/mol. The van der Waals surface area contributed by atoms with Crippen LogP contribution in [0.25, 0.3) is 0 Å². The van der Waals surface area contributed by atoms with Gasteiger partial charge in [0.2, 0.25) is 0 Å². The van der Waals surface area contributed by atoms with Gasteiger partial charge in [-0.3, -0.25) is 5.32 Å². The SMILES string of the molecule is C[C@@H](CBr)COC(=O)Nc1ccc(Br)cc1. The first-order valence-electron chi connectivity index (χ1n) is 4.87. The summed E-state index contributed by atoms with van der Waals surface area (Å²) in [6.07, 6.45) is -0.421. The highest BCUT2D eigenvalue weighted by atomic mass is 79.9. The summed E-state index contributed by atoms with van der Waals surface area (Å²) in [5.41, 5.74) is 0.722. The average molecular weight is 351 g/mol. The highest BCUT2D eigenvalue weighted by Crippen LogP contribution is 2.14. The van der Waals surface area contributed by atoms with Crippen LogP contribution in [0.3, 0.4) is 0 Å². The Morgan fingerprint density at radius 3 is 2.62 bits per heavy atom. The normalized spacial score (nSPS) is 11.9. The summed E-state index contributed by atoms with van der Waals surface area (Å²) in [4.78, 5) is 11.4. The lowest BCUT2D eigenvalue weighted by molar-refractivity contribution is 0.148. The molecular formula is C11H13Br2NO2. The number of anilines is 1. The molecule has 0 saturated heterocycles. The maximum Gasteiger partial charge on any atom is 0.411 e. The molecule has 0 spiro atoms. The third-order valence-electron chi connectivity index (χ3n) is 1.85. The fourth-order valence-corrected chi connectivity index (χ4v) is 1.40. The minimum atomic E-state index is -0.421. The number of carbonyl (C=O) groups is 1. The van der Waals surface area contributed by atoms with Gasteiger partial charge < -0.3 is 4.74 Å². The minimum Gasteiger partial charge on any atom is -0.449 e. The zero-order valence-corrected chi connectivity index (χ0v) is 12.0. The van der Waals surface area contributed by atoms with Crippen molar-refractivity contribution >= 4 is 43.6 Å². The molecule has 0 bridgehead atoms. The van der Waals surface area contributed by atoms with E-state index in [1.54, 1.807) is 12.1 Å². The van der Waals surface area contributed by atoms with Crippen molar-refractivity contribution in [2.24, 2.45) is 5.92 Å². The molecule has 1 aromatic rings. The third kappa shape index (κ3) is 4.99. The number of alkyl halides is 1. The summed E-state index contributed by atoms with van der Waals surface area (Å²) in [5.74, 6) is 0.315. The molecule has 3 nitrogen and oxygen atoms in total. The number of rotatable bonds is 4. The second-order valence-corrected chi connectivity index (χ2v) is 5.05. The van der Waals surface area contributed by atoms with E-state index in [4.69, 9.17) is 4.74 Å². The predicted octanol–water partition coefficient (Wildman–Crippen LogP) is 4.03. The molecule has 0 radical (unpaired) electrons. The van der Waals surface area contributed by atoms with E-state index in [1.807, 2.05) is 19.1 Å². The molecule has 1 amide bonds. The van der Waals surface area contributed by atoms with Crippen LogP contribution in [0.1, 0.15) is 6.92 Å². The van der Waals surface area contributed by atoms with Crippen molar-refractivity contribution in [3.8, 4) is 0 Å². The summed E-state index contributed by atoms with van der Waals surface area (Å²) >= 11 is 6.64. The van der Waals surface area contributed by atoms with E-state index in [0.29, 0.717) is 12.5 Å². The topological polar surface area (TPSA) is 38.3 Å². The van der Waals surface area contributed by atoms with E-state index in [-0.39, 0.29) is 0 Å². The lowest BCUT2D eigenvalue weighted by atomic mass is 10.2. The van der Waals surface area contributed by atoms with Crippen LogP contribution in [0.4, 0.5) is 10.5 Å². The lowest BCUT2D eigenvalue weighted by Crippen LogP contribution is -2.18. The number of hydrogen-bond donors (Lipinski definition) is 1. The molecule has 0 unspecified atom stereocenters. The van der Waals surface area contributed by atoms with Gasteiger partial charge in [-0.05, 0) is 24.3 Å². The highest BCUT2D eigenvalue weighted by Gasteiger charge is 2.06.